The smallest absolute Gasteiger partial charge is 0.0613 e. The maximum atomic E-state index is 9.59. The van der Waals surface area contributed by atoms with Crippen LogP contribution in [0.25, 0.3) is 0 Å². The van der Waals surface area contributed by atoms with Gasteiger partial charge in [0.1, 0.15) is 0 Å². The number of aliphatic hydroxyl groups excluding tert-OH is 1. The molecule has 2 unspecified atom stereocenters. The van der Waals surface area contributed by atoms with E-state index in [-0.39, 0.29) is 12.1 Å². The number of nitrogens with one attached hydrogen (secondary N) is 1. The predicted octanol–water partition coefficient (Wildman–Crippen LogP) is 3.47. The quantitative estimate of drug-likeness (QED) is 0.873. The maximum absolute atomic E-state index is 9.59. The summed E-state index contributed by atoms with van der Waals surface area (Å²) in [7, 11) is 1.96. The van der Waals surface area contributed by atoms with E-state index in [0.717, 1.165) is 23.6 Å². The molecule has 1 aliphatic carbocycles. The Hall–Kier alpha value is -0.220. The van der Waals surface area contributed by atoms with E-state index in [1.54, 1.807) is 0 Å². The molecule has 106 valence electrons. The molecule has 4 heteroatoms. The average Bonchev–Trinajstić information content (AvgIpc) is 2.47. The molecule has 1 saturated carbocycles. The van der Waals surface area contributed by atoms with Crippen LogP contribution in [0.3, 0.4) is 0 Å². The van der Waals surface area contributed by atoms with Gasteiger partial charge in [0, 0.05) is 21.6 Å². The van der Waals surface area contributed by atoms with Crippen molar-refractivity contribution in [3.05, 3.63) is 34.9 Å². The second kappa shape index (κ2) is 6.98. The first-order chi connectivity index (χ1) is 9.17. The lowest BCUT2D eigenvalue weighted by Crippen LogP contribution is -2.50. The van der Waals surface area contributed by atoms with Gasteiger partial charge in [0.2, 0.25) is 0 Å². The third-order valence-electron chi connectivity index (χ3n) is 4.03. The summed E-state index contributed by atoms with van der Waals surface area (Å²) in [5.74, 6) is 1.02. The molecule has 1 aromatic rings. The second-order valence-electron chi connectivity index (χ2n) is 5.34. The molecule has 19 heavy (non-hydrogen) atoms. The second-order valence-corrected chi connectivity index (χ2v) is 7.07. The number of benzene rings is 1. The topological polar surface area (TPSA) is 32.3 Å². The van der Waals surface area contributed by atoms with E-state index in [2.05, 4.69) is 17.4 Å². The molecule has 1 aromatic carbocycles. The fraction of sp³-hybridized carbons (Fsp3) is 0.600. The summed E-state index contributed by atoms with van der Waals surface area (Å²) in [4.78, 5) is 0. The first-order valence-corrected chi connectivity index (χ1v) is 8.26. The van der Waals surface area contributed by atoms with Gasteiger partial charge in [-0.05, 0) is 44.0 Å². The summed E-state index contributed by atoms with van der Waals surface area (Å²) >= 11 is 7.89. The Morgan fingerprint density at radius 2 is 2.16 bits per heavy atom. The van der Waals surface area contributed by atoms with Crippen LogP contribution in [0.2, 0.25) is 5.02 Å². The fourth-order valence-electron chi connectivity index (χ4n) is 2.69. The van der Waals surface area contributed by atoms with Gasteiger partial charge in [-0.2, -0.15) is 11.8 Å². The van der Waals surface area contributed by atoms with Crippen LogP contribution in [0.1, 0.15) is 31.2 Å². The molecule has 0 radical (unpaired) electrons. The minimum absolute atomic E-state index is 0.0596. The Labute approximate surface area is 124 Å². The Morgan fingerprint density at radius 3 is 2.79 bits per heavy atom. The number of likely N-dealkylation sites (N-methyl/N-ethyl adjacent to an activating group) is 1. The lowest BCUT2D eigenvalue weighted by atomic mass is 9.82. The highest BCUT2D eigenvalue weighted by molar-refractivity contribution is 7.99. The van der Waals surface area contributed by atoms with Crippen LogP contribution in [0.15, 0.2) is 24.3 Å². The monoisotopic (exact) mass is 299 g/mol. The maximum Gasteiger partial charge on any atom is 0.0613 e. The lowest BCUT2D eigenvalue weighted by molar-refractivity contribution is 0.131. The summed E-state index contributed by atoms with van der Waals surface area (Å²) in [6.07, 6.45) is 4.58. The van der Waals surface area contributed by atoms with Crippen molar-refractivity contribution in [1.29, 1.82) is 0 Å². The Bertz CT molecular complexity index is 392. The zero-order valence-corrected chi connectivity index (χ0v) is 12.9. The summed E-state index contributed by atoms with van der Waals surface area (Å²) < 4.78 is 0. The van der Waals surface area contributed by atoms with Gasteiger partial charge in [-0.3, -0.25) is 0 Å². The van der Waals surface area contributed by atoms with Crippen molar-refractivity contribution in [2.45, 2.75) is 42.2 Å². The fourth-order valence-corrected chi connectivity index (χ4v) is 4.21. The molecule has 1 aliphatic rings. The standard InChI is InChI=1S/C15H22ClNOS/c1-17-15(11-18)8-2-3-14(9-15)19-10-12-4-6-13(16)7-5-12/h4-7,14,17-18H,2-3,8-11H2,1H3. The van der Waals surface area contributed by atoms with Gasteiger partial charge in [-0.15, -0.1) is 0 Å². The minimum atomic E-state index is -0.0596. The van der Waals surface area contributed by atoms with Gasteiger partial charge in [0.05, 0.1) is 6.61 Å². The molecule has 1 fully saturated rings. The largest absolute Gasteiger partial charge is 0.394 e. The highest BCUT2D eigenvalue weighted by Crippen LogP contribution is 2.36. The molecule has 0 aromatic heterocycles. The molecule has 0 spiro atoms. The lowest BCUT2D eigenvalue weighted by Gasteiger charge is -2.39. The van der Waals surface area contributed by atoms with E-state index in [0.29, 0.717) is 5.25 Å². The first kappa shape index (κ1) is 15.2. The highest BCUT2D eigenvalue weighted by Gasteiger charge is 2.34. The van der Waals surface area contributed by atoms with Crippen LogP contribution in [-0.4, -0.2) is 29.5 Å². The van der Waals surface area contributed by atoms with E-state index < -0.39 is 0 Å². The molecule has 0 amide bonds. The van der Waals surface area contributed by atoms with Crippen LogP contribution in [0.5, 0.6) is 0 Å². The molecule has 2 atom stereocenters. The summed E-state index contributed by atoms with van der Waals surface area (Å²) in [5.41, 5.74) is 1.26. The third kappa shape index (κ3) is 4.12. The summed E-state index contributed by atoms with van der Waals surface area (Å²) in [6, 6.07) is 8.08. The molecular formula is C15H22ClNOS. The van der Waals surface area contributed by atoms with E-state index in [4.69, 9.17) is 11.6 Å². The number of aliphatic hydroxyl groups is 1. The molecule has 0 bridgehead atoms. The van der Waals surface area contributed by atoms with Crippen LogP contribution >= 0.6 is 23.4 Å². The zero-order chi connectivity index (χ0) is 13.7. The SMILES string of the molecule is CNC1(CO)CCCC(SCc2ccc(Cl)cc2)C1. The minimum Gasteiger partial charge on any atom is -0.394 e. The molecule has 0 saturated heterocycles. The normalized spacial score (nSPS) is 27.4. The average molecular weight is 300 g/mol. The Kier molecular flexibility index (Phi) is 5.58. The van der Waals surface area contributed by atoms with Crippen LogP contribution in [-0.2, 0) is 5.75 Å². The number of rotatable bonds is 5. The van der Waals surface area contributed by atoms with Crippen LogP contribution in [0.4, 0.5) is 0 Å². The van der Waals surface area contributed by atoms with Gasteiger partial charge < -0.3 is 10.4 Å². The van der Waals surface area contributed by atoms with Crippen molar-refractivity contribution >= 4 is 23.4 Å². The van der Waals surface area contributed by atoms with E-state index in [1.807, 2.05) is 30.9 Å². The van der Waals surface area contributed by atoms with Gasteiger partial charge >= 0.3 is 0 Å². The summed E-state index contributed by atoms with van der Waals surface area (Å²) in [6.45, 7) is 0.238. The van der Waals surface area contributed by atoms with Crippen molar-refractivity contribution in [3.8, 4) is 0 Å². The van der Waals surface area contributed by atoms with Gasteiger partial charge in [0.25, 0.3) is 0 Å². The van der Waals surface area contributed by atoms with E-state index in [9.17, 15) is 5.11 Å². The Morgan fingerprint density at radius 1 is 1.42 bits per heavy atom. The Balaban J connectivity index is 1.87. The number of halogens is 1. The highest BCUT2D eigenvalue weighted by atomic mass is 35.5. The molecule has 2 N–H and O–H groups in total. The third-order valence-corrected chi connectivity index (χ3v) is 5.66. The van der Waals surface area contributed by atoms with Crippen molar-refractivity contribution < 1.29 is 5.11 Å². The van der Waals surface area contributed by atoms with Crippen LogP contribution in [0, 0.1) is 0 Å². The number of hydrogen-bond donors (Lipinski definition) is 2. The molecule has 2 rings (SSSR count). The van der Waals surface area contributed by atoms with Crippen molar-refractivity contribution in [1.82, 2.24) is 5.32 Å². The van der Waals surface area contributed by atoms with Gasteiger partial charge in [-0.1, -0.05) is 30.2 Å². The van der Waals surface area contributed by atoms with E-state index in [1.165, 1.54) is 18.4 Å². The number of hydrogen-bond acceptors (Lipinski definition) is 3. The van der Waals surface area contributed by atoms with Crippen molar-refractivity contribution in [2.75, 3.05) is 13.7 Å². The van der Waals surface area contributed by atoms with E-state index >= 15 is 0 Å². The summed E-state index contributed by atoms with van der Waals surface area (Å²) in [5, 5.41) is 14.3. The zero-order valence-electron chi connectivity index (χ0n) is 11.4. The van der Waals surface area contributed by atoms with Crippen molar-refractivity contribution in [2.24, 2.45) is 0 Å². The van der Waals surface area contributed by atoms with Gasteiger partial charge in [-0.25, -0.2) is 0 Å². The van der Waals surface area contributed by atoms with Crippen molar-refractivity contribution in [3.63, 3.8) is 0 Å². The molecule has 0 aliphatic heterocycles. The molecular weight excluding hydrogens is 278 g/mol. The number of thioether (sulfide) groups is 1. The van der Waals surface area contributed by atoms with Crippen LogP contribution < -0.4 is 5.32 Å². The first-order valence-electron chi connectivity index (χ1n) is 6.83. The molecule has 2 nitrogen and oxygen atoms in total. The van der Waals surface area contributed by atoms with Gasteiger partial charge in [0.15, 0.2) is 0 Å². The molecule has 0 heterocycles. The predicted molar refractivity (Wildman–Crippen MR) is 83.9 cm³/mol.